The highest BCUT2D eigenvalue weighted by molar-refractivity contribution is 6.33. The number of ether oxygens (including phenoxy) is 2. The normalized spacial score (nSPS) is 10.4. The number of anilines is 2. The number of nitrogens with zero attached hydrogens (tertiary/aromatic N) is 2. The number of aromatic nitrogens is 2. The van der Waals surface area contributed by atoms with Gasteiger partial charge in [0.15, 0.2) is 5.82 Å². The molecule has 0 saturated carbocycles. The van der Waals surface area contributed by atoms with Gasteiger partial charge < -0.3 is 14.8 Å². The number of hydrogen-bond donors (Lipinski definition) is 2. The second kappa shape index (κ2) is 8.62. The van der Waals surface area contributed by atoms with Gasteiger partial charge in [0.05, 0.1) is 26.5 Å². The lowest BCUT2D eigenvalue weighted by Gasteiger charge is -2.12. The van der Waals surface area contributed by atoms with Crippen LogP contribution in [-0.2, 0) is 6.54 Å². The van der Waals surface area contributed by atoms with Gasteiger partial charge in [0.1, 0.15) is 22.3 Å². The molecule has 1 aromatic heterocycles. The van der Waals surface area contributed by atoms with Gasteiger partial charge in [-0.05, 0) is 18.2 Å². The third-order valence-corrected chi connectivity index (χ3v) is 4.17. The molecular formula is C19H18ClFN4O3. The fourth-order valence-electron chi connectivity index (χ4n) is 2.54. The first-order chi connectivity index (χ1) is 13.5. The summed E-state index contributed by atoms with van der Waals surface area (Å²) in [5.74, 6) is 0.833. The number of nitrogens with one attached hydrogen (secondary N) is 2. The van der Waals surface area contributed by atoms with Crippen molar-refractivity contribution in [1.82, 2.24) is 9.78 Å². The Morgan fingerprint density at radius 2 is 1.96 bits per heavy atom. The molecule has 0 spiro atoms. The van der Waals surface area contributed by atoms with Crippen molar-refractivity contribution in [2.75, 3.05) is 24.9 Å². The van der Waals surface area contributed by atoms with Crippen molar-refractivity contribution in [3.63, 3.8) is 0 Å². The molecule has 0 atom stereocenters. The molecule has 3 aromatic rings. The van der Waals surface area contributed by atoms with Crippen molar-refractivity contribution in [2.45, 2.75) is 6.54 Å². The van der Waals surface area contributed by atoms with Gasteiger partial charge in [-0.1, -0.05) is 29.8 Å². The number of carbonyl (C=O) groups excluding carboxylic acids is 1. The molecule has 146 valence electrons. The molecule has 0 aliphatic carbocycles. The van der Waals surface area contributed by atoms with Gasteiger partial charge in [-0.15, -0.1) is 0 Å². The SMILES string of the molecule is COc1ccc(OC)c(NC(=O)Nc2nn(Cc3ccccc3F)cc2Cl)c1. The molecule has 0 bridgehead atoms. The van der Waals surface area contributed by atoms with E-state index in [9.17, 15) is 9.18 Å². The molecule has 2 N–H and O–H groups in total. The Labute approximate surface area is 166 Å². The Morgan fingerprint density at radius 3 is 2.68 bits per heavy atom. The first-order valence-electron chi connectivity index (χ1n) is 8.26. The Hall–Kier alpha value is -3.26. The zero-order chi connectivity index (χ0) is 20.1. The van der Waals surface area contributed by atoms with Crippen LogP contribution in [0.4, 0.5) is 20.7 Å². The fraction of sp³-hybridized carbons (Fsp3) is 0.158. The summed E-state index contributed by atoms with van der Waals surface area (Å²) < 4.78 is 25.6. The highest BCUT2D eigenvalue weighted by Gasteiger charge is 2.14. The van der Waals surface area contributed by atoms with Crippen molar-refractivity contribution in [3.8, 4) is 11.5 Å². The Kier molecular flexibility index (Phi) is 6.00. The predicted molar refractivity (Wildman–Crippen MR) is 105 cm³/mol. The van der Waals surface area contributed by atoms with Gasteiger partial charge >= 0.3 is 6.03 Å². The van der Waals surface area contributed by atoms with E-state index in [2.05, 4.69) is 15.7 Å². The third kappa shape index (κ3) is 4.52. The monoisotopic (exact) mass is 404 g/mol. The number of hydrogen-bond acceptors (Lipinski definition) is 4. The Balaban J connectivity index is 1.71. The van der Waals surface area contributed by atoms with Crippen LogP contribution in [0.25, 0.3) is 0 Å². The third-order valence-electron chi connectivity index (χ3n) is 3.89. The van der Waals surface area contributed by atoms with E-state index in [1.54, 1.807) is 36.4 Å². The summed E-state index contributed by atoms with van der Waals surface area (Å²) in [5.41, 5.74) is 0.875. The maximum Gasteiger partial charge on any atom is 0.325 e. The zero-order valence-corrected chi connectivity index (χ0v) is 16.0. The highest BCUT2D eigenvalue weighted by Crippen LogP contribution is 2.29. The maximum absolute atomic E-state index is 13.8. The van der Waals surface area contributed by atoms with Crippen LogP contribution in [0.2, 0.25) is 5.02 Å². The van der Waals surface area contributed by atoms with E-state index < -0.39 is 6.03 Å². The summed E-state index contributed by atoms with van der Waals surface area (Å²) >= 11 is 6.14. The van der Waals surface area contributed by atoms with Crippen LogP contribution in [0.5, 0.6) is 11.5 Å². The lowest BCUT2D eigenvalue weighted by Crippen LogP contribution is -2.20. The lowest BCUT2D eigenvalue weighted by molar-refractivity contribution is 0.262. The van der Waals surface area contributed by atoms with E-state index in [1.165, 1.54) is 31.2 Å². The number of benzene rings is 2. The van der Waals surface area contributed by atoms with Crippen molar-refractivity contribution in [1.29, 1.82) is 0 Å². The number of halogens is 2. The molecule has 28 heavy (non-hydrogen) atoms. The van der Waals surface area contributed by atoms with E-state index in [4.69, 9.17) is 21.1 Å². The molecule has 7 nitrogen and oxygen atoms in total. The lowest BCUT2D eigenvalue weighted by atomic mass is 10.2. The van der Waals surface area contributed by atoms with E-state index in [1.807, 2.05) is 0 Å². The summed E-state index contributed by atoms with van der Waals surface area (Å²) in [6.07, 6.45) is 1.51. The average molecular weight is 405 g/mol. The molecule has 2 aromatic carbocycles. The van der Waals surface area contributed by atoms with E-state index >= 15 is 0 Å². The first kappa shape index (κ1) is 19.5. The van der Waals surface area contributed by atoms with Crippen LogP contribution < -0.4 is 20.1 Å². The standard InChI is InChI=1S/C19H18ClFN4O3/c1-27-13-7-8-17(28-2)16(9-13)22-19(26)23-18-14(20)11-25(24-18)10-12-5-3-4-6-15(12)21/h3-9,11H,10H2,1-2H3,(H2,22,23,24,26). The van der Waals surface area contributed by atoms with Crippen LogP contribution in [0.1, 0.15) is 5.56 Å². The number of methoxy groups -OCH3 is 2. The van der Waals surface area contributed by atoms with Crippen LogP contribution in [-0.4, -0.2) is 30.0 Å². The minimum absolute atomic E-state index is 0.150. The Bertz CT molecular complexity index is 993. The quantitative estimate of drug-likeness (QED) is 0.639. The maximum atomic E-state index is 13.8. The summed E-state index contributed by atoms with van der Waals surface area (Å²) in [6.45, 7) is 0.180. The minimum Gasteiger partial charge on any atom is -0.497 e. The van der Waals surface area contributed by atoms with Crippen molar-refractivity contribution in [3.05, 3.63) is 65.1 Å². The summed E-state index contributed by atoms with van der Waals surface area (Å²) in [4.78, 5) is 12.3. The van der Waals surface area contributed by atoms with E-state index in [0.717, 1.165) is 0 Å². The largest absolute Gasteiger partial charge is 0.497 e. The molecule has 0 aliphatic heterocycles. The predicted octanol–water partition coefficient (Wildman–Crippen LogP) is 4.39. The Morgan fingerprint density at radius 1 is 1.18 bits per heavy atom. The van der Waals surface area contributed by atoms with Gasteiger partial charge in [-0.3, -0.25) is 10.00 Å². The molecule has 0 radical (unpaired) electrons. The minimum atomic E-state index is -0.565. The smallest absolute Gasteiger partial charge is 0.325 e. The molecule has 3 rings (SSSR count). The van der Waals surface area contributed by atoms with Gasteiger partial charge in [-0.25, -0.2) is 9.18 Å². The van der Waals surface area contributed by atoms with Crippen molar-refractivity contribution < 1.29 is 18.7 Å². The topological polar surface area (TPSA) is 77.4 Å². The fourth-order valence-corrected chi connectivity index (χ4v) is 2.73. The van der Waals surface area contributed by atoms with Crippen molar-refractivity contribution >= 4 is 29.1 Å². The number of carbonyl (C=O) groups is 1. The molecule has 0 fully saturated rings. The molecule has 0 saturated heterocycles. The van der Waals surface area contributed by atoms with Gasteiger partial charge in [0, 0.05) is 17.8 Å². The molecule has 9 heteroatoms. The second-order valence-electron chi connectivity index (χ2n) is 5.76. The molecule has 2 amide bonds. The summed E-state index contributed by atoms with van der Waals surface area (Å²) in [5, 5.41) is 9.64. The van der Waals surface area contributed by atoms with E-state index in [-0.39, 0.29) is 23.2 Å². The van der Waals surface area contributed by atoms with Crippen LogP contribution in [0, 0.1) is 5.82 Å². The summed E-state index contributed by atoms with van der Waals surface area (Å²) in [6, 6.07) is 10.8. The average Bonchev–Trinajstić information content (AvgIpc) is 3.02. The summed E-state index contributed by atoms with van der Waals surface area (Å²) in [7, 11) is 3.01. The van der Waals surface area contributed by atoms with Crippen molar-refractivity contribution in [2.24, 2.45) is 0 Å². The van der Waals surface area contributed by atoms with E-state index in [0.29, 0.717) is 22.7 Å². The molecule has 1 heterocycles. The van der Waals surface area contributed by atoms with Gasteiger partial charge in [-0.2, -0.15) is 5.10 Å². The molecular weight excluding hydrogens is 387 g/mol. The molecule has 0 unspecified atom stereocenters. The molecule has 0 aliphatic rings. The number of rotatable bonds is 6. The second-order valence-corrected chi connectivity index (χ2v) is 6.17. The van der Waals surface area contributed by atoms with Crippen LogP contribution in [0.15, 0.2) is 48.7 Å². The van der Waals surface area contributed by atoms with Gasteiger partial charge in [0.2, 0.25) is 0 Å². The zero-order valence-electron chi connectivity index (χ0n) is 15.2. The number of urea groups is 1. The highest BCUT2D eigenvalue weighted by atomic mass is 35.5. The van der Waals surface area contributed by atoms with Crippen LogP contribution >= 0.6 is 11.6 Å². The van der Waals surface area contributed by atoms with Gasteiger partial charge in [0.25, 0.3) is 0 Å². The number of amides is 2. The van der Waals surface area contributed by atoms with Crippen LogP contribution in [0.3, 0.4) is 0 Å². The first-order valence-corrected chi connectivity index (χ1v) is 8.64.